The molecule has 0 saturated heterocycles. The first-order valence-corrected chi connectivity index (χ1v) is 9.02. The highest BCUT2D eigenvalue weighted by molar-refractivity contribution is 5.96. The van der Waals surface area contributed by atoms with Crippen molar-refractivity contribution in [3.05, 3.63) is 64.7 Å². The lowest BCUT2D eigenvalue weighted by Crippen LogP contribution is -2.16. The van der Waals surface area contributed by atoms with Crippen LogP contribution >= 0.6 is 0 Å². The zero-order valence-electron chi connectivity index (χ0n) is 16.7. The highest BCUT2D eigenvalue weighted by atomic mass is 16.5. The lowest BCUT2D eigenvalue weighted by molar-refractivity contribution is -0.132. The number of benzene rings is 2. The third-order valence-corrected chi connectivity index (χ3v) is 4.09. The number of hydrogen-bond donors (Lipinski definition) is 1. The summed E-state index contributed by atoms with van der Waals surface area (Å²) in [4.78, 5) is 10.9. The third kappa shape index (κ3) is 5.88. The number of aliphatic carboxylic acids is 1. The van der Waals surface area contributed by atoms with Gasteiger partial charge in [-0.1, -0.05) is 50.6 Å². The molecule has 5 heteroatoms. The first-order valence-electron chi connectivity index (χ1n) is 9.02. The molecule has 2 aromatic rings. The molecular formula is C23H25NO4. The Morgan fingerprint density at radius 1 is 1.11 bits per heavy atom. The Bertz CT molecular complexity index is 900. The van der Waals surface area contributed by atoms with E-state index in [1.54, 1.807) is 30.3 Å². The molecule has 5 nitrogen and oxygen atoms in total. The van der Waals surface area contributed by atoms with Gasteiger partial charge in [-0.2, -0.15) is 5.26 Å². The number of ether oxygens (including phenoxy) is 2. The van der Waals surface area contributed by atoms with E-state index in [1.165, 1.54) is 11.6 Å². The van der Waals surface area contributed by atoms with Crippen molar-refractivity contribution in [2.45, 2.75) is 33.1 Å². The molecule has 0 radical (unpaired) electrons. The van der Waals surface area contributed by atoms with E-state index in [4.69, 9.17) is 19.8 Å². The second-order valence-corrected chi connectivity index (χ2v) is 7.49. The Hall–Kier alpha value is -3.26. The van der Waals surface area contributed by atoms with Crippen LogP contribution in [0.25, 0.3) is 6.08 Å². The van der Waals surface area contributed by atoms with Gasteiger partial charge in [-0.05, 0) is 47.7 Å². The maximum atomic E-state index is 10.9. The molecule has 2 rings (SSSR count). The molecule has 0 aromatic heterocycles. The Morgan fingerprint density at radius 2 is 1.75 bits per heavy atom. The molecule has 0 atom stereocenters. The molecular weight excluding hydrogens is 354 g/mol. The highest BCUT2D eigenvalue weighted by Gasteiger charge is 2.19. The van der Waals surface area contributed by atoms with E-state index >= 15 is 0 Å². The molecule has 0 unspecified atom stereocenters. The van der Waals surface area contributed by atoms with Gasteiger partial charge in [0.15, 0.2) is 0 Å². The van der Waals surface area contributed by atoms with Crippen LogP contribution in [0.1, 0.15) is 37.5 Å². The standard InChI is InChI=1S/C23H25NO4/c1-16-5-10-21(20(13-16)23(2,3)4)28-12-11-27-19-8-6-17(7-9-19)14-18(15-24)22(25)26/h5-10,13-14H,11-12H2,1-4H3,(H,25,26). The zero-order valence-corrected chi connectivity index (χ0v) is 16.7. The Morgan fingerprint density at radius 3 is 2.32 bits per heavy atom. The van der Waals surface area contributed by atoms with E-state index in [2.05, 4.69) is 33.8 Å². The summed E-state index contributed by atoms with van der Waals surface area (Å²) >= 11 is 0. The van der Waals surface area contributed by atoms with Crippen molar-refractivity contribution in [2.24, 2.45) is 0 Å². The van der Waals surface area contributed by atoms with E-state index < -0.39 is 5.97 Å². The van der Waals surface area contributed by atoms with Crippen LogP contribution in [0.2, 0.25) is 0 Å². The monoisotopic (exact) mass is 379 g/mol. The molecule has 0 aliphatic heterocycles. The SMILES string of the molecule is Cc1ccc(OCCOc2ccc(C=C(C#N)C(=O)O)cc2)c(C(C)(C)C)c1. The molecule has 0 aliphatic carbocycles. The molecule has 28 heavy (non-hydrogen) atoms. The average molecular weight is 379 g/mol. The van der Waals surface area contributed by atoms with Crippen molar-refractivity contribution in [2.75, 3.05) is 13.2 Å². The predicted molar refractivity (Wildman–Crippen MR) is 109 cm³/mol. The van der Waals surface area contributed by atoms with Gasteiger partial charge >= 0.3 is 5.97 Å². The maximum absolute atomic E-state index is 10.9. The number of carboxylic acids is 1. The molecule has 0 aliphatic rings. The minimum atomic E-state index is -1.24. The fourth-order valence-corrected chi connectivity index (χ4v) is 2.64. The van der Waals surface area contributed by atoms with Gasteiger partial charge in [0.2, 0.25) is 0 Å². The molecule has 2 aromatic carbocycles. The molecule has 0 amide bonds. The average Bonchev–Trinajstić information content (AvgIpc) is 2.64. The summed E-state index contributed by atoms with van der Waals surface area (Å²) in [5.41, 5.74) is 2.66. The molecule has 0 spiro atoms. The number of carboxylic acid groups (broad SMARTS) is 1. The van der Waals surface area contributed by atoms with Crippen LogP contribution in [-0.4, -0.2) is 24.3 Å². The second-order valence-electron chi connectivity index (χ2n) is 7.49. The summed E-state index contributed by atoms with van der Waals surface area (Å²) in [6.45, 7) is 9.32. The maximum Gasteiger partial charge on any atom is 0.346 e. The Kier molecular flexibility index (Phi) is 6.84. The quantitative estimate of drug-likeness (QED) is 0.427. The minimum absolute atomic E-state index is 0.0101. The molecule has 0 bridgehead atoms. The van der Waals surface area contributed by atoms with E-state index in [-0.39, 0.29) is 11.0 Å². The van der Waals surface area contributed by atoms with E-state index in [9.17, 15) is 4.79 Å². The summed E-state index contributed by atoms with van der Waals surface area (Å²) < 4.78 is 11.6. The molecule has 0 heterocycles. The third-order valence-electron chi connectivity index (χ3n) is 4.09. The van der Waals surface area contributed by atoms with Gasteiger partial charge in [0.25, 0.3) is 0 Å². The van der Waals surface area contributed by atoms with Crippen LogP contribution in [-0.2, 0) is 10.2 Å². The second kappa shape index (κ2) is 9.09. The van der Waals surface area contributed by atoms with Crippen LogP contribution in [0.3, 0.4) is 0 Å². The molecule has 0 saturated carbocycles. The van der Waals surface area contributed by atoms with Gasteiger partial charge in [0.05, 0.1) is 0 Å². The largest absolute Gasteiger partial charge is 0.490 e. The van der Waals surface area contributed by atoms with Gasteiger partial charge in [-0.3, -0.25) is 0 Å². The Labute approximate surface area is 165 Å². The minimum Gasteiger partial charge on any atom is -0.490 e. The highest BCUT2D eigenvalue weighted by Crippen LogP contribution is 2.32. The number of nitriles is 1. The van der Waals surface area contributed by atoms with Gasteiger partial charge in [-0.25, -0.2) is 4.79 Å². The smallest absolute Gasteiger partial charge is 0.346 e. The van der Waals surface area contributed by atoms with Crippen LogP contribution in [0, 0.1) is 18.3 Å². The number of aryl methyl sites for hydroxylation is 1. The number of carbonyl (C=O) groups is 1. The van der Waals surface area contributed by atoms with Crippen molar-refractivity contribution in [1.29, 1.82) is 5.26 Å². The number of nitrogens with zero attached hydrogens (tertiary/aromatic N) is 1. The normalized spacial score (nSPS) is 11.6. The van der Waals surface area contributed by atoms with Crippen molar-refractivity contribution >= 4 is 12.0 Å². The van der Waals surface area contributed by atoms with Crippen LogP contribution in [0.15, 0.2) is 48.0 Å². The fraction of sp³-hybridized carbons (Fsp3) is 0.304. The van der Waals surface area contributed by atoms with Crippen LogP contribution in [0.4, 0.5) is 0 Å². The molecule has 0 fully saturated rings. The van der Waals surface area contributed by atoms with Gasteiger partial charge in [0.1, 0.15) is 36.4 Å². The summed E-state index contributed by atoms with van der Waals surface area (Å²) in [7, 11) is 0. The van der Waals surface area contributed by atoms with Crippen molar-refractivity contribution in [1.82, 2.24) is 0 Å². The van der Waals surface area contributed by atoms with Gasteiger partial charge < -0.3 is 14.6 Å². The van der Waals surface area contributed by atoms with Crippen LogP contribution in [0.5, 0.6) is 11.5 Å². The summed E-state index contributed by atoms with van der Waals surface area (Å²) in [5.74, 6) is 0.264. The van der Waals surface area contributed by atoms with Gasteiger partial charge in [0, 0.05) is 0 Å². The number of hydrogen-bond acceptors (Lipinski definition) is 4. The van der Waals surface area contributed by atoms with Crippen molar-refractivity contribution in [3.63, 3.8) is 0 Å². The lowest BCUT2D eigenvalue weighted by Gasteiger charge is -2.23. The lowest BCUT2D eigenvalue weighted by atomic mass is 9.85. The fourth-order valence-electron chi connectivity index (χ4n) is 2.64. The Balaban J connectivity index is 1.93. The van der Waals surface area contributed by atoms with Crippen LogP contribution < -0.4 is 9.47 Å². The number of rotatable bonds is 7. The van der Waals surface area contributed by atoms with E-state index in [0.29, 0.717) is 24.5 Å². The first kappa shape index (κ1) is 21.0. The van der Waals surface area contributed by atoms with Crippen molar-refractivity contribution < 1.29 is 19.4 Å². The van der Waals surface area contributed by atoms with Gasteiger partial charge in [-0.15, -0.1) is 0 Å². The van der Waals surface area contributed by atoms with E-state index in [1.807, 2.05) is 12.1 Å². The first-order chi connectivity index (χ1) is 13.2. The van der Waals surface area contributed by atoms with E-state index in [0.717, 1.165) is 11.3 Å². The molecule has 1 N–H and O–H groups in total. The summed E-state index contributed by atoms with van der Waals surface area (Å²) in [6.07, 6.45) is 1.32. The molecule has 146 valence electrons. The zero-order chi connectivity index (χ0) is 20.7. The predicted octanol–water partition coefficient (Wildman–Crippen LogP) is 4.74. The van der Waals surface area contributed by atoms with Crippen molar-refractivity contribution in [3.8, 4) is 17.6 Å². The topological polar surface area (TPSA) is 79.5 Å². The summed E-state index contributed by atoms with van der Waals surface area (Å²) in [5, 5.41) is 17.7. The summed E-state index contributed by atoms with van der Waals surface area (Å²) in [6, 6.07) is 14.7.